The fraction of sp³-hybridized carbons (Fsp3) is 0.278. The third-order valence-corrected chi connectivity index (χ3v) is 5.36. The van der Waals surface area contributed by atoms with Gasteiger partial charge in [0, 0.05) is 24.4 Å². The van der Waals surface area contributed by atoms with Crippen molar-refractivity contribution in [2.24, 2.45) is 0 Å². The standard InChI is InChI=1S/C18H19F2N5O3S/c1-12-7-13(2)25(22-12)17-3-4-18(26)24(23-17)6-5-21-29(27,28)11-14-8-15(19)10-16(20)9-14/h3-4,7-10,21H,5-6,11H2,1-2H3. The van der Waals surface area contributed by atoms with Crippen molar-refractivity contribution in [2.75, 3.05) is 6.54 Å². The van der Waals surface area contributed by atoms with Gasteiger partial charge in [-0.15, -0.1) is 5.10 Å². The van der Waals surface area contributed by atoms with E-state index < -0.39 is 33.0 Å². The van der Waals surface area contributed by atoms with Crippen molar-refractivity contribution in [3.05, 3.63) is 75.3 Å². The average molecular weight is 423 g/mol. The van der Waals surface area contributed by atoms with Crippen LogP contribution in [-0.4, -0.2) is 34.5 Å². The van der Waals surface area contributed by atoms with Crippen LogP contribution in [0.1, 0.15) is 17.0 Å². The number of rotatable bonds is 7. The molecule has 1 aromatic carbocycles. The van der Waals surface area contributed by atoms with E-state index in [4.69, 9.17) is 0 Å². The number of benzene rings is 1. The van der Waals surface area contributed by atoms with E-state index >= 15 is 0 Å². The first kappa shape index (κ1) is 20.8. The fourth-order valence-corrected chi connectivity index (χ4v) is 3.95. The zero-order chi connectivity index (χ0) is 21.2. The third kappa shape index (κ3) is 5.33. The molecule has 0 unspecified atom stereocenters. The Balaban J connectivity index is 1.69. The second-order valence-corrected chi connectivity index (χ2v) is 8.33. The first-order valence-electron chi connectivity index (χ1n) is 8.67. The van der Waals surface area contributed by atoms with Gasteiger partial charge in [-0.1, -0.05) is 0 Å². The van der Waals surface area contributed by atoms with Gasteiger partial charge in [0.25, 0.3) is 5.56 Å². The van der Waals surface area contributed by atoms with Crippen molar-refractivity contribution in [1.82, 2.24) is 24.3 Å². The molecule has 0 saturated carbocycles. The van der Waals surface area contributed by atoms with Crippen molar-refractivity contribution < 1.29 is 17.2 Å². The SMILES string of the molecule is Cc1cc(C)n(-c2ccc(=O)n(CCNS(=O)(=O)Cc3cc(F)cc(F)c3)n2)n1. The smallest absolute Gasteiger partial charge is 0.266 e. The molecule has 0 aliphatic carbocycles. The number of hydrogen-bond acceptors (Lipinski definition) is 5. The highest BCUT2D eigenvalue weighted by atomic mass is 32.2. The molecule has 2 heterocycles. The highest BCUT2D eigenvalue weighted by molar-refractivity contribution is 7.88. The molecule has 0 atom stereocenters. The molecule has 0 fully saturated rings. The van der Waals surface area contributed by atoms with Crippen LogP contribution in [0.15, 0.2) is 41.2 Å². The van der Waals surface area contributed by atoms with E-state index in [1.54, 1.807) is 4.68 Å². The lowest BCUT2D eigenvalue weighted by Gasteiger charge is -2.10. The lowest BCUT2D eigenvalue weighted by Crippen LogP contribution is -2.33. The van der Waals surface area contributed by atoms with Crippen LogP contribution in [0.2, 0.25) is 0 Å². The van der Waals surface area contributed by atoms with Gasteiger partial charge in [0.2, 0.25) is 10.0 Å². The van der Waals surface area contributed by atoms with Crippen molar-refractivity contribution in [1.29, 1.82) is 0 Å². The fourth-order valence-electron chi connectivity index (χ4n) is 2.84. The highest BCUT2D eigenvalue weighted by Gasteiger charge is 2.14. The molecule has 0 radical (unpaired) electrons. The molecule has 1 N–H and O–H groups in total. The van der Waals surface area contributed by atoms with Gasteiger partial charge in [-0.3, -0.25) is 4.79 Å². The molecule has 11 heteroatoms. The van der Waals surface area contributed by atoms with Crippen LogP contribution in [0, 0.1) is 25.5 Å². The van der Waals surface area contributed by atoms with Gasteiger partial charge in [0.15, 0.2) is 5.82 Å². The van der Waals surface area contributed by atoms with Gasteiger partial charge in [-0.2, -0.15) is 5.10 Å². The third-order valence-electron chi connectivity index (χ3n) is 4.00. The van der Waals surface area contributed by atoms with Crippen molar-refractivity contribution in [3.63, 3.8) is 0 Å². The minimum Gasteiger partial charge on any atom is -0.268 e. The largest absolute Gasteiger partial charge is 0.268 e. The Morgan fingerprint density at radius 3 is 2.34 bits per heavy atom. The van der Waals surface area contributed by atoms with Crippen molar-refractivity contribution in [3.8, 4) is 5.82 Å². The molecule has 0 spiro atoms. The highest BCUT2D eigenvalue weighted by Crippen LogP contribution is 2.11. The van der Waals surface area contributed by atoms with E-state index in [9.17, 15) is 22.0 Å². The van der Waals surface area contributed by atoms with E-state index in [0.29, 0.717) is 11.9 Å². The predicted molar refractivity (Wildman–Crippen MR) is 102 cm³/mol. The summed E-state index contributed by atoms with van der Waals surface area (Å²) in [4.78, 5) is 12.0. The topological polar surface area (TPSA) is 98.9 Å². The Bertz CT molecular complexity index is 1180. The average Bonchev–Trinajstić information content (AvgIpc) is 2.93. The Kier molecular flexibility index (Phi) is 5.89. The molecule has 2 aromatic heterocycles. The number of nitrogens with one attached hydrogen (secondary N) is 1. The summed E-state index contributed by atoms with van der Waals surface area (Å²) >= 11 is 0. The number of nitrogens with zero attached hydrogens (tertiary/aromatic N) is 4. The van der Waals surface area contributed by atoms with Gasteiger partial charge in [0.05, 0.1) is 18.0 Å². The van der Waals surface area contributed by atoms with Gasteiger partial charge in [-0.05, 0) is 43.7 Å². The van der Waals surface area contributed by atoms with Crippen LogP contribution in [0.4, 0.5) is 8.78 Å². The van der Waals surface area contributed by atoms with E-state index in [-0.39, 0.29) is 18.7 Å². The molecular formula is C18H19F2N5O3S. The summed E-state index contributed by atoms with van der Waals surface area (Å²) in [6, 6.07) is 7.28. The molecule has 3 rings (SSSR count). The predicted octanol–water partition coefficient (Wildman–Crippen LogP) is 1.44. The molecule has 29 heavy (non-hydrogen) atoms. The Hall–Kier alpha value is -2.92. The Morgan fingerprint density at radius 1 is 1.03 bits per heavy atom. The van der Waals surface area contributed by atoms with Crippen molar-refractivity contribution in [2.45, 2.75) is 26.1 Å². The van der Waals surface area contributed by atoms with Gasteiger partial charge >= 0.3 is 0 Å². The minimum atomic E-state index is -3.86. The number of hydrogen-bond donors (Lipinski definition) is 1. The molecule has 3 aromatic rings. The summed E-state index contributed by atoms with van der Waals surface area (Å²) < 4.78 is 55.8. The molecule has 154 valence electrons. The number of sulfonamides is 1. The Labute approximate surface area is 165 Å². The molecule has 8 nitrogen and oxygen atoms in total. The minimum absolute atomic E-state index is 0.0168. The molecule has 0 aliphatic heterocycles. The van der Waals surface area contributed by atoms with Crippen LogP contribution < -0.4 is 10.3 Å². The quantitative estimate of drug-likeness (QED) is 0.620. The lowest BCUT2D eigenvalue weighted by molar-refractivity contribution is 0.540. The first-order chi connectivity index (χ1) is 13.6. The number of aromatic nitrogens is 4. The van der Waals surface area contributed by atoms with Crippen molar-refractivity contribution >= 4 is 10.0 Å². The van der Waals surface area contributed by atoms with Gasteiger partial charge in [0.1, 0.15) is 11.6 Å². The summed E-state index contributed by atoms with van der Waals surface area (Å²) in [7, 11) is -3.86. The molecule has 0 saturated heterocycles. The normalized spacial score (nSPS) is 11.7. The monoisotopic (exact) mass is 423 g/mol. The first-order valence-corrected chi connectivity index (χ1v) is 10.3. The van der Waals surface area contributed by atoms with Gasteiger partial charge < -0.3 is 0 Å². The maximum absolute atomic E-state index is 13.2. The van der Waals surface area contributed by atoms with Crippen LogP contribution in [-0.2, 0) is 22.3 Å². The maximum Gasteiger partial charge on any atom is 0.266 e. The Morgan fingerprint density at radius 2 is 1.72 bits per heavy atom. The van der Waals surface area contributed by atoms with Crippen LogP contribution >= 0.6 is 0 Å². The molecule has 0 aliphatic rings. The lowest BCUT2D eigenvalue weighted by atomic mass is 10.2. The number of aryl methyl sites for hydroxylation is 2. The second-order valence-electron chi connectivity index (χ2n) is 6.52. The summed E-state index contributed by atoms with van der Waals surface area (Å²) in [6.45, 7) is 3.54. The molecule has 0 amide bonds. The van der Waals surface area contributed by atoms with Gasteiger partial charge in [-0.25, -0.2) is 31.3 Å². The zero-order valence-electron chi connectivity index (χ0n) is 15.8. The summed E-state index contributed by atoms with van der Waals surface area (Å²) in [5.41, 5.74) is 1.21. The van der Waals surface area contributed by atoms with E-state index in [1.165, 1.54) is 12.1 Å². The maximum atomic E-state index is 13.2. The summed E-state index contributed by atoms with van der Waals surface area (Å²) in [6.07, 6.45) is 0. The van der Waals surface area contributed by atoms with Crippen LogP contribution in [0.3, 0.4) is 0 Å². The summed E-state index contributed by atoms with van der Waals surface area (Å²) in [5, 5.41) is 8.51. The number of halogens is 2. The van der Waals surface area contributed by atoms with E-state index in [1.807, 2.05) is 19.9 Å². The molecular weight excluding hydrogens is 404 g/mol. The van der Waals surface area contributed by atoms with E-state index in [0.717, 1.165) is 28.2 Å². The van der Waals surface area contributed by atoms with E-state index in [2.05, 4.69) is 14.9 Å². The second kappa shape index (κ2) is 8.21. The summed E-state index contributed by atoms with van der Waals surface area (Å²) in [5.74, 6) is -1.87. The van der Waals surface area contributed by atoms with Crippen LogP contribution in [0.5, 0.6) is 0 Å². The molecule has 0 bridgehead atoms. The van der Waals surface area contributed by atoms with Crippen LogP contribution in [0.25, 0.3) is 5.82 Å². The zero-order valence-corrected chi connectivity index (χ0v) is 16.6.